The van der Waals surface area contributed by atoms with Crippen LogP contribution in [-0.4, -0.2) is 18.2 Å². The first-order chi connectivity index (χ1) is 11.0. The van der Waals surface area contributed by atoms with E-state index in [-0.39, 0.29) is 12.5 Å². The molecule has 0 saturated carbocycles. The second-order valence-electron chi connectivity index (χ2n) is 4.96. The number of carbonyl (C=O) groups is 1. The van der Waals surface area contributed by atoms with E-state index in [0.717, 1.165) is 11.3 Å². The van der Waals surface area contributed by atoms with Gasteiger partial charge in [0.25, 0.3) is 5.91 Å². The van der Waals surface area contributed by atoms with Gasteiger partial charge in [0.15, 0.2) is 6.61 Å². The van der Waals surface area contributed by atoms with Crippen molar-refractivity contribution in [2.24, 2.45) is 5.10 Å². The van der Waals surface area contributed by atoms with Gasteiger partial charge in [-0.2, -0.15) is 5.10 Å². The fourth-order valence-electron chi connectivity index (χ4n) is 1.77. The summed E-state index contributed by atoms with van der Waals surface area (Å²) in [4.78, 5) is 11.8. The van der Waals surface area contributed by atoms with E-state index >= 15 is 0 Å². The number of amides is 1. The molecule has 4 nitrogen and oxygen atoms in total. The fraction of sp³-hybridized carbons (Fsp3) is 0.176. The zero-order valence-electron chi connectivity index (χ0n) is 12.8. The van der Waals surface area contributed by atoms with E-state index in [1.54, 1.807) is 18.2 Å². The highest BCUT2D eigenvalue weighted by Crippen LogP contribution is 2.27. The standard InChI is InChI=1S/C17H16BrClN2O2/c1-11-3-5-13(6-4-11)12(2)20-21-17(22)10-23-16-8-7-14(19)9-15(16)18/h3-9H,10H2,1-2H3,(H,21,22)/b20-12+. The average molecular weight is 396 g/mol. The smallest absolute Gasteiger partial charge is 0.277 e. The largest absolute Gasteiger partial charge is 0.483 e. The number of nitrogens with zero attached hydrogens (tertiary/aromatic N) is 1. The molecule has 0 fully saturated rings. The van der Waals surface area contributed by atoms with Gasteiger partial charge in [0, 0.05) is 5.02 Å². The van der Waals surface area contributed by atoms with Gasteiger partial charge in [-0.05, 0) is 53.5 Å². The number of aryl methyl sites for hydroxylation is 1. The molecule has 0 aliphatic rings. The lowest BCUT2D eigenvalue weighted by atomic mass is 10.1. The summed E-state index contributed by atoms with van der Waals surface area (Å²) in [7, 11) is 0. The first kappa shape index (κ1) is 17.5. The predicted octanol–water partition coefficient (Wildman–Crippen LogP) is 4.33. The molecular formula is C17H16BrClN2O2. The summed E-state index contributed by atoms with van der Waals surface area (Å²) >= 11 is 9.18. The highest BCUT2D eigenvalue weighted by Gasteiger charge is 2.06. The van der Waals surface area contributed by atoms with Gasteiger partial charge in [0.05, 0.1) is 10.2 Å². The summed E-state index contributed by atoms with van der Waals surface area (Å²) in [6.45, 7) is 3.72. The molecule has 0 saturated heterocycles. The SMILES string of the molecule is C/C(=N\NC(=O)COc1ccc(Cl)cc1Br)c1ccc(C)cc1. The van der Waals surface area contributed by atoms with Gasteiger partial charge in [-0.15, -0.1) is 0 Å². The van der Waals surface area contributed by atoms with Gasteiger partial charge >= 0.3 is 0 Å². The molecule has 2 rings (SSSR count). The van der Waals surface area contributed by atoms with Gasteiger partial charge in [-0.3, -0.25) is 4.79 Å². The predicted molar refractivity (Wildman–Crippen MR) is 96.2 cm³/mol. The Bertz CT molecular complexity index is 730. The third-order valence-electron chi connectivity index (χ3n) is 3.07. The van der Waals surface area contributed by atoms with Crippen LogP contribution in [0.25, 0.3) is 0 Å². The molecule has 0 spiro atoms. The Morgan fingerprint density at radius 1 is 1.26 bits per heavy atom. The summed E-state index contributed by atoms with van der Waals surface area (Å²) in [6, 6.07) is 13.0. The van der Waals surface area contributed by atoms with E-state index in [4.69, 9.17) is 16.3 Å². The number of rotatable bonds is 5. The molecule has 2 aromatic carbocycles. The number of halogens is 2. The third kappa shape index (κ3) is 5.37. The molecule has 6 heteroatoms. The second kappa shape index (κ2) is 8.13. The van der Waals surface area contributed by atoms with Crippen LogP contribution in [0.1, 0.15) is 18.1 Å². The van der Waals surface area contributed by atoms with Crippen LogP contribution in [-0.2, 0) is 4.79 Å². The minimum atomic E-state index is -0.335. The van der Waals surface area contributed by atoms with Crippen LogP contribution in [0.3, 0.4) is 0 Å². The molecule has 0 atom stereocenters. The van der Waals surface area contributed by atoms with Crippen molar-refractivity contribution in [2.75, 3.05) is 6.61 Å². The van der Waals surface area contributed by atoms with E-state index in [1.165, 1.54) is 5.56 Å². The monoisotopic (exact) mass is 394 g/mol. The summed E-state index contributed by atoms with van der Waals surface area (Å²) < 4.78 is 6.11. The van der Waals surface area contributed by atoms with Crippen LogP contribution in [0.5, 0.6) is 5.75 Å². The molecule has 1 N–H and O–H groups in total. The molecule has 0 aliphatic heterocycles. The van der Waals surface area contributed by atoms with E-state index in [0.29, 0.717) is 15.2 Å². The first-order valence-corrected chi connectivity index (χ1v) is 8.11. The molecule has 0 bridgehead atoms. The number of hydrogen-bond acceptors (Lipinski definition) is 3. The maximum absolute atomic E-state index is 11.8. The Kier molecular flexibility index (Phi) is 6.19. The fourth-order valence-corrected chi connectivity index (χ4v) is 2.57. The zero-order chi connectivity index (χ0) is 16.8. The minimum absolute atomic E-state index is 0.134. The van der Waals surface area contributed by atoms with Crippen LogP contribution in [0.2, 0.25) is 5.02 Å². The summed E-state index contributed by atoms with van der Waals surface area (Å²) in [5.74, 6) is 0.210. The molecule has 120 valence electrons. The van der Waals surface area contributed by atoms with Crippen LogP contribution < -0.4 is 10.2 Å². The quantitative estimate of drug-likeness (QED) is 0.605. The van der Waals surface area contributed by atoms with Gasteiger partial charge < -0.3 is 4.74 Å². The molecule has 0 aliphatic carbocycles. The first-order valence-electron chi connectivity index (χ1n) is 6.94. The number of carbonyl (C=O) groups excluding carboxylic acids is 1. The topological polar surface area (TPSA) is 50.7 Å². The number of nitrogens with one attached hydrogen (secondary N) is 1. The number of hydrazone groups is 1. The van der Waals surface area contributed by atoms with Crippen LogP contribution in [0.4, 0.5) is 0 Å². The van der Waals surface area contributed by atoms with Crippen LogP contribution in [0, 0.1) is 6.92 Å². The van der Waals surface area contributed by atoms with Crippen molar-refractivity contribution in [2.45, 2.75) is 13.8 Å². The van der Waals surface area contributed by atoms with Crippen molar-refractivity contribution in [1.82, 2.24) is 5.43 Å². The third-order valence-corrected chi connectivity index (χ3v) is 3.93. The highest BCUT2D eigenvalue weighted by atomic mass is 79.9. The van der Waals surface area contributed by atoms with Gasteiger partial charge in [0.1, 0.15) is 5.75 Å². The summed E-state index contributed by atoms with van der Waals surface area (Å²) in [6.07, 6.45) is 0. The zero-order valence-corrected chi connectivity index (χ0v) is 15.1. The molecule has 2 aromatic rings. The molecule has 23 heavy (non-hydrogen) atoms. The average Bonchev–Trinajstić information content (AvgIpc) is 2.52. The van der Waals surface area contributed by atoms with Crippen molar-refractivity contribution < 1.29 is 9.53 Å². The van der Waals surface area contributed by atoms with Crippen molar-refractivity contribution in [3.8, 4) is 5.75 Å². The number of ether oxygens (including phenoxy) is 1. The Hall–Kier alpha value is -1.85. The summed E-state index contributed by atoms with van der Waals surface area (Å²) in [5, 5.41) is 4.67. The molecule has 0 aromatic heterocycles. The number of benzene rings is 2. The second-order valence-corrected chi connectivity index (χ2v) is 6.25. The van der Waals surface area contributed by atoms with Crippen molar-refractivity contribution in [3.05, 3.63) is 63.1 Å². The Morgan fingerprint density at radius 2 is 1.96 bits per heavy atom. The molecule has 0 heterocycles. The lowest BCUT2D eigenvalue weighted by Crippen LogP contribution is -2.25. The maximum Gasteiger partial charge on any atom is 0.277 e. The lowest BCUT2D eigenvalue weighted by Gasteiger charge is -2.08. The molecule has 0 unspecified atom stereocenters. The van der Waals surface area contributed by atoms with E-state index in [1.807, 2.05) is 38.1 Å². The van der Waals surface area contributed by atoms with Crippen molar-refractivity contribution in [3.63, 3.8) is 0 Å². The maximum atomic E-state index is 11.8. The van der Waals surface area contributed by atoms with E-state index < -0.39 is 0 Å². The van der Waals surface area contributed by atoms with Crippen LogP contribution in [0.15, 0.2) is 52.0 Å². The lowest BCUT2D eigenvalue weighted by molar-refractivity contribution is -0.123. The number of hydrogen-bond donors (Lipinski definition) is 1. The van der Waals surface area contributed by atoms with Gasteiger partial charge in [-0.1, -0.05) is 41.4 Å². The van der Waals surface area contributed by atoms with Crippen molar-refractivity contribution >= 4 is 39.1 Å². The van der Waals surface area contributed by atoms with Gasteiger partial charge in [-0.25, -0.2) is 5.43 Å². The minimum Gasteiger partial charge on any atom is -0.483 e. The Balaban J connectivity index is 1.89. The van der Waals surface area contributed by atoms with Crippen LogP contribution >= 0.6 is 27.5 Å². The molecule has 0 radical (unpaired) electrons. The van der Waals surface area contributed by atoms with Gasteiger partial charge in [0.2, 0.25) is 0 Å². The van der Waals surface area contributed by atoms with E-state index in [2.05, 4.69) is 26.5 Å². The highest BCUT2D eigenvalue weighted by molar-refractivity contribution is 9.10. The molecular weight excluding hydrogens is 380 g/mol. The Labute approximate surface area is 148 Å². The normalized spacial score (nSPS) is 11.2. The Morgan fingerprint density at radius 3 is 2.61 bits per heavy atom. The summed E-state index contributed by atoms with van der Waals surface area (Å²) in [5.41, 5.74) is 5.34. The van der Waals surface area contributed by atoms with E-state index in [9.17, 15) is 4.79 Å². The molecule has 1 amide bonds. The van der Waals surface area contributed by atoms with Crippen molar-refractivity contribution in [1.29, 1.82) is 0 Å².